The SMILES string of the molecule is CS(=O)(=O)NC1=CC(=O)C=CC1=O. The van der Waals surface area contributed by atoms with Crippen LogP contribution >= 0.6 is 0 Å². The van der Waals surface area contributed by atoms with Crippen molar-refractivity contribution in [3.8, 4) is 0 Å². The molecule has 0 fully saturated rings. The van der Waals surface area contributed by atoms with E-state index < -0.39 is 21.6 Å². The van der Waals surface area contributed by atoms with Crippen LogP contribution in [0, 0.1) is 0 Å². The van der Waals surface area contributed by atoms with Crippen LogP contribution in [0.2, 0.25) is 0 Å². The summed E-state index contributed by atoms with van der Waals surface area (Å²) in [6.07, 6.45) is 3.96. The van der Waals surface area contributed by atoms with E-state index in [1.165, 1.54) is 0 Å². The molecule has 1 rings (SSSR count). The summed E-state index contributed by atoms with van der Waals surface area (Å²) in [5.74, 6) is -0.934. The zero-order valence-electron chi connectivity index (χ0n) is 6.77. The van der Waals surface area contributed by atoms with Gasteiger partial charge in [0.2, 0.25) is 15.8 Å². The molecule has 1 aliphatic carbocycles. The van der Waals surface area contributed by atoms with Gasteiger partial charge in [-0.05, 0) is 12.2 Å². The van der Waals surface area contributed by atoms with Crippen molar-refractivity contribution in [2.45, 2.75) is 0 Å². The van der Waals surface area contributed by atoms with Crippen molar-refractivity contribution < 1.29 is 18.0 Å². The van der Waals surface area contributed by atoms with E-state index in [1.54, 1.807) is 0 Å². The van der Waals surface area contributed by atoms with Gasteiger partial charge in [-0.15, -0.1) is 0 Å². The van der Waals surface area contributed by atoms with Crippen LogP contribution in [0.25, 0.3) is 0 Å². The molecule has 0 atom stereocenters. The highest BCUT2D eigenvalue weighted by atomic mass is 32.2. The highest BCUT2D eigenvalue weighted by Gasteiger charge is 2.15. The first-order valence-electron chi connectivity index (χ1n) is 3.34. The van der Waals surface area contributed by atoms with Crippen LogP contribution in [-0.4, -0.2) is 26.2 Å². The molecule has 13 heavy (non-hydrogen) atoms. The quantitative estimate of drug-likeness (QED) is 0.589. The Morgan fingerprint density at radius 1 is 1.23 bits per heavy atom. The van der Waals surface area contributed by atoms with E-state index in [9.17, 15) is 18.0 Å². The van der Waals surface area contributed by atoms with E-state index in [1.807, 2.05) is 4.72 Å². The molecule has 0 amide bonds. The number of hydrogen-bond donors (Lipinski definition) is 1. The summed E-state index contributed by atoms with van der Waals surface area (Å²) >= 11 is 0. The van der Waals surface area contributed by atoms with Crippen LogP contribution in [0.5, 0.6) is 0 Å². The highest BCUT2D eigenvalue weighted by molar-refractivity contribution is 7.88. The smallest absolute Gasteiger partial charge is 0.229 e. The molecule has 0 aromatic carbocycles. The molecule has 0 aromatic heterocycles. The fourth-order valence-corrected chi connectivity index (χ4v) is 1.35. The van der Waals surface area contributed by atoms with Gasteiger partial charge in [0.15, 0.2) is 5.78 Å². The third kappa shape index (κ3) is 2.83. The van der Waals surface area contributed by atoms with E-state index in [4.69, 9.17) is 0 Å². The van der Waals surface area contributed by atoms with Crippen molar-refractivity contribution in [3.05, 3.63) is 23.9 Å². The van der Waals surface area contributed by atoms with E-state index in [-0.39, 0.29) is 5.70 Å². The van der Waals surface area contributed by atoms with Crippen LogP contribution in [0.15, 0.2) is 23.9 Å². The molecule has 6 heteroatoms. The summed E-state index contributed by atoms with van der Waals surface area (Å²) in [5.41, 5.74) is -0.213. The number of carbonyl (C=O) groups excluding carboxylic acids is 2. The van der Waals surface area contributed by atoms with Gasteiger partial charge in [0.05, 0.1) is 12.0 Å². The fraction of sp³-hybridized carbons (Fsp3) is 0.143. The van der Waals surface area contributed by atoms with Crippen LogP contribution in [0.3, 0.4) is 0 Å². The maximum Gasteiger partial charge on any atom is 0.229 e. The van der Waals surface area contributed by atoms with Gasteiger partial charge in [0, 0.05) is 6.08 Å². The number of allylic oxidation sites excluding steroid dienone is 3. The molecule has 0 saturated heterocycles. The number of ketones is 2. The average molecular weight is 201 g/mol. The van der Waals surface area contributed by atoms with Crippen LogP contribution in [0.4, 0.5) is 0 Å². The van der Waals surface area contributed by atoms with Crippen molar-refractivity contribution in [3.63, 3.8) is 0 Å². The van der Waals surface area contributed by atoms with Crippen molar-refractivity contribution in [2.75, 3.05) is 6.26 Å². The fourth-order valence-electron chi connectivity index (χ4n) is 0.789. The number of nitrogens with one attached hydrogen (secondary N) is 1. The molecule has 1 N–H and O–H groups in total. The lowest BCUT2D eigenvalue weighted by atomic mass is 10.1. The van der Waals surface area contributed by atoms with E-state index in [0.717, 1.165) is 24.5 Å². The molecule has 0 bridgehead atoms. The molecule has 0 unspecified atom stereocenters. The largest absolute Gasteiger partial charge is 0.290 e. The van der Waals surface area contributed by atoms with Gasteiger partial charge in [-0.25, -0.2) is 8.42 Å². The summed E-state index contributed by atoms with van der Waals surface area (Å²) in [6.45, 7) is 0. The van der Waals surface area contributed by atoms with Crippen LogP contribution < -0.4 is 4.72 Å². The molecule has 0 spiro atoms. The molecule has 5 nitrogen and oxygen atoms in total. The molecule has 0 aliphatic heterocycles. The lowest BCUT2D eigenvalue weighted by Gasteiger charge is -2.07. The predicted molar refractivity (Wildman–Crippen MR) is 45.2 cm³/mol. The van der Waals surface area contributed by atoms with E-state index in [2.05, 4.69) is 0 Å². The summed E-state index contributed by atoms with van der Waals surface area (Å²) in [4.78, 5) is 21.7. The third-order valence-corrected chi connectivity index (χ3v) is 1.84. The Labute approximate surface area is 75.2 Å². The Balaban J connectivity index is 2.93. The molecule has 70 valence electrons. The zero-order chi connectivity index (χ0) is 10.1. The third-order valence-electron chi connectivity index (χ3n) is 1.25. The minimum atomic E-state index is -3.51. The Hall–Kier alpha value is -1.43. The summed E-state index contributed by atoms with van der Waals surface area (Å²) in [6, 6.07) is 0. The second-order valence-electron chi connectivity index (χ2n) is 2.53. The average Bonchev–Trinajstić information content (AvgIpc) is 1.94. The Morgan fingerprint density at radius 3 is 2.38 bits per heavy atom. The van der Waals surface area contributed by atoms with Gasteiger partial charge in [0.25, 0.3) is 0 Å². The summed E-state index contributed by atoms with van der Waals surface area (Å²) in [7, 11) is -3.51. The lowest BCUT2D eigenvalue weighted by molar-refractivity contribution is -0.114. The van der Waals surface area contributed by atoms with Gasteiger partial charge < -0.3 is 0 Å². The Bertz CT molecular complexity index is 416. The first-order chi connectivity index (χ1) is 5.88. The highest BCUT2D eigenvalue weighted by Crippen LogP contribution is 2.02. The minimum absolute atomic E-state index is 0.213. The molecular formula is C7H7NO4S. The second-order valence-corrected chi connectivity index (χ2v) is 4.28. The standard InChI is InChI=1S/C7H7NO4S/c1-13(11,12)8-6-4-5(9)2-3-7(6)10/h2-4,8H,1H3. The van der Waals surface area contributed by atoms with Gasteiger partial charge in [-0.2, -0.15) is 0 Å². The lowest BCUT2D eigenvalue weighted by Crippen LogP contribution is -2.27. The number of hydrogen-bond acceptors (Lipinski definition) is 4. The topological polar surface area (TPSA) is 80.3 Å². The van der Waals surface area contributed by atoms with Gasteiger partial charge >= 0.3 is 0 Å². The van der Waals surface area contributed by atoms with Gasteiger partial charge in [-0.3, -0.25) is 14.3 Å². The zero-order valence-corrected chi connectivity index (χ0v) is 7.59. The van der Waals surface area contributed by atoms with Crippen LogP contribution in [0.1, 0.15) is 0 Å². The molecule has 0 saturated carbocycles. The molecular weight excluding hydrogens is 194 g/mol. The number of rotatable bonds is 2. The molecule has 0 radical (unpaired) electrons. The van der Waals surface area contributed by atoms with Crippen LogP contribution in [-0.2, 0) is 19.6 Å². The first kappa shape index (κ1) is 9.66. The van der Waals surface area contributed by atoms with Crippen molar-refractivity contribution >= 4 is 21.6 Å². The Kier molecular flexibility index (Phi) is 2.33. The molecule has 0 heterocycles. The normalized spacial score (nSPS) is 17.2. The summed E-state index contributed by atoms with van der Waals surface area (Å²) in [5, 5.41) is 0. The molecule has 1 aliphatic rings. The first-order valence-corrected chi connectivity index (χ1v) is 5.23. The monoisotopic (exact) mass is 201 g/mol. The maximum absolute atomic E-state index is 11.0. The van der Waals surface area contributed by atoms with Crippen molar-refractivity contribution in [1.82, 2.24) is 4.72 Å². The van der Waals surface area contributed by atoms with Crippen molar-refractivity contribution in [1.29, 1.82) is 0 Å². The maximum atomic E-state index is 11.0. The number of sulfonamides is 1. The van der Waals surface area contributed by atoms with E-state index >= 15 is 0 Å². The Morgan fingerprint density at radius 2 is 1.85 bits per heavy atom. The molecule has 0 aromatic rings. The summed E-state index contributed by atoms with van der Waals surface area (Å²) < 4.78 is 23.4. The number of carbonyl (C=O) groups is 2. The second kappa shape index (κ2) is 3.14. The van der Waals surface area contributed by atoms with Gasteiger partial charge in [-0.1, -0.05) is 0 Å². The van der Waals surface area contributed by atoms with E-state index in [0.29, 0.717) is 0 Å². The van der Waals surface area contributed by atoms with Gasteiger partial charge in [0.1, 0.15) is 0 Å². The predicted octanol–water partition coefficient (Wildman–Crippen LogP) is -0.873. The minimum Gasteiger partial charge on any atom is -0.290 e. The van der Waals surface area contributed by atoms with Crippen molar-refractivity contribution in [2.24, 2.45) is 0 Å².